The Kier molecular flexibility index (Phi) is 2.37. The van der Waals surface area contributed by atoms with E-state index in [1.807, 2.05) is 0 Å². The molecule has 0 radical (unpaired) electrons. The zero-order valence-electron chi connectivity index (χ0n) is 7.47. The van der Waals surface area contributed by atoms with Gasteiger partial charge in [-0.25, -0.2) is 4.79 Å². The smallest absolute Gasteiger partial charge is 0.335 e. The molecule has 0 saturated carbocycles. The van der Waals surface area contributed by atoms with Gasteiger partial charge in [0.25, 0.3) is 0 Å². The van der Waals surface area contributed by atoms with Gasteiger partial charge in [-0.2, -0.15) is 0 Å². The number of rotatable bonds is 4. The van der Waals surface area contributed by atoms with Crippen molar-refractivity contribution in [3.8, 4) is 5.75 Å². The van der Waals surface area contributed by atoms with Crippen LogP contribution in [0.15, 0.2) is 24.3 Å². The highest BCUT2D eigenvalue weighted by Crippen LogP contribution is 2.16. The van der Waals surface area contributed by atoms with E-state index >= 15 is 0 Å². The third-order valence-electron chi connectivity index (χ3n) is 1.92. The Labute approximate surface area is 81.1 Å². The summed E-state index contributed by atoms with van der Waals surface area (Å²) in [4.78, 5) is 10.6. The van der Waals surface area contributed by atoms with E-state index in [0.717, 1.165) is 6.61 Å². The first-order chi connectivity index (χ1) is 6.75. The summed E-state index contributed by atoms with van der Waals surface area (Å²) in [5.41, 5.74) is 0.235. The third-order valence-corrected chi connectivity index (χ3v) is 1.92. The van der Waals surface area contributed by atoms with E-state index in [0.29, 0.717) is 12.4 Å². The molecular weight excluding hydrogens is 184 g/mol. The Morgan fingerprint density at radius 1 is 1.64 bits per heavy atom. The maximum Gasteiger partial charge on any atom is 0.335 e. The Morgan fingerprint density at radius 3 is 3.07 bits per heavy atom. The van der Waals surface area contributed by atoms with Crippen LogP contribution in [-0.4, -0.2) is 30.4 Å². The Morgan fingerprint density at radius 2 is 2.43 bits per heavy atom. The molecule has 1 aromatic carbocycles. The zero-order chi connectivity index (χ0) is 9.97. The lowest BCUT2D eigenvalue weighted by Gasteiger charge is -2.04. The van der Waals surface area contributed by atoms with Crippen LogP contribution in [0.1, 0.15) is 10.4 Å². The van der Waals surface area contributed by atoms with Crippen LogP contribution in [-0.2, 0) is 4.74 Å². The lowest BCUT2D eigenvalue weighted by molar-refractivity contribution is 0.0696. The molecular formula is C10H10O4. The van der Waals surface area contributed by atoms with Crippen LogP contribution < -0.4 is 4.74 Å². The van der Waals surface area contributed by atoms with Gasteiger partial charge in [0, 0.05) is 0 Å². The van der Waals surface area contributed by atoms with Gasteiger partial charge in [0.1, 0.15) is 18.5 Å². The minimum Gasteiger partial charge on any atom is -0.491 e. The van der Waals surface area contributed by atoms with E-state index in [-0.39, 0.29) is 11.7 Å². The van der Waals surface area contributed by atoms with Crippen LogP contribution in [0.5, 0.6) is 5.75 Å². The molecule has 4 nitrogen and oxygen atoms in total. The van der Waals surface area contributed by atoms with Crippen molar-refractivity contribution in [3.63, 3.8) is 0 Å². The molecule has 1 saturated heterocycles. The average molecular weight is 194 g/mol. The molecule has 0 spiro atoms. The highest BCUT2D eigenvalue weighted by molar-refractivity contribution is 5.87. The van der Waals surface area contributed by atoms with Crippen molar-refractivity contribution in [3.05, 3.63) is 29.8 Å². The van der Waals surface area contributed by atoms with Gasteiger partial charge in [-0.15, -0.1) is 0 Å². The van der Waals surface area contributed by atoms with Gasteiger partial charge in [-0.3, -0.25) is 0 Å². The molecule has 14 heavy (non-hydrogen) atoms. The number of carbonyl (C=O) groups is 1. The summed E-state index contributed by atoms with van der Waals surface area (Å²) >= 11 is 0. The average Bonchev–Trinajstić information content (AvgIpc) is 2.99. The minimum absolute atomic E-state index is 0.184. The largest absolute Gasteiger partial charge is 0.491 e. The number of hydrogen-bond donors (Lipinski definition) is 1. The molecule has 2 rings (SSSR count). The first-order valence-corrected chi connectivity index (χ1v) is 4.33. The van der Waals surface area contributed by atoms with E-state index in [4.69, 9.17) is 14.6 Å². The van der Waals surface area contributed by atoms with E-state index < -0.39 is 5.97 Å². The summed E-state index contributed by atoms with van der Waals surface area (Å²) in [6.07, 6.45) is 0.184. The number of hydrogen-bond acceptors (Lipinski definition) is 3. The number of epoxide rings is 1. The molecule has 0 bridgehead atoms. The highest BCUT2D eigenvalue weighted by Gasteiger charge is 2.23. The number of aromatic carboxylic acids is 1. The number of carboxylic acid groups (broad SMARTS) is 1. The molecule has 1 aliphatic heterocycles. The van der Waals surface area contributed by atoms with Crippen molar-refractivity contribution < 1.29 is 19.4 Å². The number of carboxylic acids is 1. The second-order valence-electron chi connectivity index (χ2n) is 3.10. The van der Waals surface area contributed by atoms with Gasteiger partial charge >= 0.3 is 5.97 Å². The summed E-state index contributed by atoms with van der Waals surface area (Å²) in [7, 11) is 0. The van der Waals surface area contributed by atoms with Crippen LogP contribution in [0.2, 0.25) is 0 Å². The molecule has 0 aliphatic carbocycles. The maximum absolute atomic E-state index is 10.6. The summed E-state index contributed by atoms with van der Waals surface area (Å²) in [5, 5.41) is 8.72. The highest BCUT2D eigenvalue weighted by atomic mass is 16.6. The van der Waals surface area contributed by atoms with Crippen LogP contribution in [0.3, 0.4) is 0 Å². The summed E-state index contributed by atoms with van der Waals surface area (Å²) in [6, 6.07) is 6.43. The Balaban J connectivity index is 2.01. The van der Waals surface area contributed by atoms with Crippen LogP contribution in [0.25, 0.3) is 0 Å². The number of ether oxygens (including phenoxy) is 2. The van der Waals surface area contributed by atoms with E-state index in [2.05, 4.69) is 0 Å². The molecule has 4 heteroatoms. The van der Waals surface area contributed by atoms with Crippen molar-refractivity contribution in [2.45, 2.75) is 6.10 Å². The molecule has 0 aromatic heterocycles. The third kappa shape index (κ3) is 2.23. The molecule has 1 heterocycles. The summed E-state index contributed by atoms with van der Waals surface area (Å²) in [5.74, 6) is -0.376. The fourth-order valence-corrected chi connectivity index (χ4v) is 1.07. The van der Waals surface area contributed by atoms with E-state index in [1.165, 1.54) is 12.1 Å². The lowest BCUT2D eigenvalue weighted by atomic mass is 10.2. The molecule has 1 aliphatic rings. The topological polar surface area (TPSA) is 59.1 Å². The molecule has 1 aromatic rings. The van der Waals surface area contributed by atoms with Crippen molar-refractivity contribution in [1.82, 2.24) is 0 Å². The van der Waals surface area contributed by atoms with Gasteiger partial charge in [-0.1, -0.05) is 6.07 Å². The molecule has 1 unspecified atom stereocenters. The fourth-order valence-electron chi connectivity index (χ4n) is 1.07. The van der Waals surface area contributed by atoms with Crippen molar-refractivity contribution in [2.75, 3.05) is 13.2 Å². The Hall–Kier alpha value is -1.55. The lowest BCUT2D eigenvalue weighted by Crippen LogP contribution is -2.05. The van der Waals surface area contributed by atoms with Crippen LogP contribution in [0.4, 0.5) is 0 Å². The second-order valence-corrected chi connectivity index (χ2v) is 3.10. The van der Waals surface area contributed by atoms with E-state index in [1.54, 1.807) is 12.1 Å². The van der Waals surface area contributed by atoms with Crippen molar-refractivity contribution >= 4 is 5.97 Å². The number of benzene rings is 1. The molecule has 1 atom stereocenters. The summed E-state index contributed by atoms with van der Waals surface area (Å²) in [6.45, 7) is 1.22. The van der Waals surface area contributed by atoms with Gasteiger partial charge < -0.3 is 14.6 Å². The van der Waals surface area contributed by atoms with Gasteiger partial charge in [-0.05, 0) is 18.2 Å². The Bertz CT molecular complexity index is 344. The van der Waals surface area contributed by atoms with Gasteiger partial charge in [0.2, 0.25) is 0 Å². The normalized spacial score (nSPS) is 19.0. The van der Waals surface area contributed by atoms with Gasteiger partial charge in [0.05, 0.1) is 12.2 Å². The fraction of sp³-hybridized carbons (Fsp3) is 0.300. The van der Waals surface area contributed by atoms with Gasteiger partial charge in [0.15, 0.2) is 0 Å². The van der Waals surface area contributed by atoms with Crippen molar-refractivity contribution in [2.24, 2.45) is 0 Å². The zero-order valence-corrected chi connectivity index (χ0v) is 7.47. The molecule has 1 fully saturated rings. The minimum atomic E-state index is -0.946. The van der Waals surface area contributed by atoms with Crippen LogP contribution in [0, 0.1) is 0 Å². The van der Waals surface area contributed by atoms with Crippen LogP contribution >= 0.6 is 0 Å². The first-order valence-electron chi connectivity index (χ1n) is 4.33. The molecule has 1 N–H and O–H groups in total. The summed E-state index contributed by atoms with van der Waals surface area (Å²) < 4.78 is 10.3. The molecule has 0 amide bonds. The monoisotopic (exact) mass is 194 g/mol. The van der Waals surface area contributed by atoms with Crippen molar-refractivity contribution in [1.29, 1.82) is 0 Å². The maximum atomic E-state index is 10.6. The predicted molar refractivity (Wildman–Crippen MR) is 48.6 cm³/mol. The standard InChI is InChI=1S/C10H10O4/c11-10(12)7-2-1-3-8(4-7)13-5-9-6-14-9/h1-4,9H,5-6H2,(H,11,12). The predicted octanol–water partition coefficient (Wildman–Crippen LogP) is 1.16. The quantitative estimate of drug-likeness (QED) is 0.731. The molecule has 74 valence electrons. The SMILES string of the molecule is O=C(O)c1cccc(OCC2CO2)c1. The second kappa shape index (κ2) is 3.67. The van der Waals surface area contributed by atoms with E-state index in [9.17, 15) is 4.79 Å². The first kappa shape index (κ1) is 9.02.